The van der Waals surface area contributed by atoms with Crippen molar-refractivity contribution in [1.82, 2.24) is 15.1 Å². The number of aliphatic imine (C=N–C) groups is 1. The topological polar surface area (TPSA) is 47.9 Å². The van der Waals surface area contributed by atoms with E-state index in [0.29, 0.717) is 23.1 Å². The molecule has 0 atom stereocenters. The van der Waals surface area contributed by atoms with Crippen molar-refractivity contribution < 1.29 is 9.18 Å². The molecule has 5 nitrogen and oxygen atoms in total. The van der Waals surface area contributed by atoms with Gasteiger partial charge in [-0.05, 0) is 62.1 Å². The van der Waals surface area contributed by atoms with Crippen molar-refractivity contribution in [3.05, 3.63) is 65.0 Å². The summed E-state index contributed by atoms with van der Waals surface area (Å²) < 4.78 is 14.0. The lowest BCUT2D eigenvalue weighted by Gasteiger charge is -2.41. The second kappa shape index (κ2) is 10.3. The highest BCUT2D eigenvalue weighted by Gasteiger charge is 2.27. The Kier molecular flexibility index (Phi) is 7.20. The second-order valence-electron chi connectivity index (χ2n) is 9.01. The molecule has 1 saturated heterocycles. The lowest BCUT2D eigenvalue weighted by Crippen LogP contribution is -2.55. The molecule has 0 unspecified atom stereocenters. The monoisotopic (exact) mass is 436 g/mol. The molecule has 0 bridgehead atoms. The first kappa shape index (κ1) is 22.5. The molecule has 2 aliphatic rings. The van der Waals surface area contributed by atoms with E-state index in [2.05, 4.69) is 15.1 Å². The van der Waals surface area contributed by atoms with Gasteiger partial charge in [0.2, 0.25) is 5.96 Å². The van der Waals surface area contributed by atoms with Crippen molar-refractivity contribution in [2.24, 2.45) is 4.99 Å². The molecule has 6 heteroatoms. The van der Waals surface area contributed by atoms with Gasteiger partial charge in [0.25, 0.3) is 5.91 Å². The summed E-state index contributed by atoms with van der Waals surface area (Å²) in [5.74, 6) is -0.189. The first-order valence-corrected chi connectivity index (χ1v) is 11.7. The largest absolute Gasteiger partial charge is 0.340 e. The van der Waals surface area contributed by atoms with Gasteiger partial charge < -0.3 is 4.90 Å². The van der Waals surface area contributed by atoms with Crippen molar-refractivity contribution in [2.75, 3.05) is 26.2 Å². The number of nitrogens with zero attached hydrogens (tertiary/aromatic N) is 3. The van der Waals surface area contributed by atoms with E-state index in [1.807, 2.05) is 31.2 Å². The molecule has 2 aromatic carbocycles. The predicted octanol–water partition coefficient (Wildman–Crippen LogP) is 4.81. The van der Waals surface area contributed by atoms with Crippen LogP contribution in [0.15, 0.2) is 47.5 Å². The van der Waals surface area contributed by atoms with Crippen LogP contribution in [0.2, 0.25) is 0 Å². The van der Waals surface area contributed by atoms with E-state index in [1.54, 1.807) is 19.1 Å². The van der Waals surface area contributed by atoms with Gasteiger partial charge in [-0.25, -0.2) is 9.38 Å². The number of guanidine groups is 1. The van der Waals surface area contributed by atoms with Crippen molar-refractivity contribution in [2.45, 2.75) is 52.0 Å². The van der Waals surface area contributed by atoms with Crippen LogP contribution in [0.1, 0.15) is 53.6 Å². The zero-order valence-corrected chi connectivity index (χ0v) is 19.1. The van der Waals surface area contributed by atoms with E-state index in [-0.39, 0.29) is 11.7 Å². The molecule has 1 N–H and O–H groups in total. The van der Waals surface area contributed by atoms with Crippen LogP contribution in [-0.4, -0.2) is 53.9 Å². The highest BCUT2D eigenvalue weighted by atomic mass is 19.1. The Morgan fingerprint density at radius 2 is 1.75 bits per heavy atom. The smallest absolute Gasteiger partial charge is 0.258 e. The van der Waals surface area contributed by atoms with Crippen LogP contribution in [0.25, 0.3) is 0 Å². The van der Waals surface area contributed by atoms with E-state index in [9.17, 15) is 9.18 Å². The van der Waals surface area contributed by atoms with E-state index < -0.39 is 0 Å². The molecule has 170 valence electrons. The third kappa shape index (κ3) is 5.54. The lowest BCUT2D eigenvalue weighted by molar-refractivity contribution is 0.0943. The average Bonchev–Trinajstić information content (AvgIpc) is 2.81. The van der Waals surface area contributed by atoms with Crippen molar-refractivity contribution in [3.63, 3.8) is 0 Å². The molecule has 32 heavy (non-hydrogen) atoms. The van der Waals surface area contributed by atoms with Crippen LogP contribution in [0.3, 0.4) is 0 Å². The first-order chi connectivity index (χ1) is 15.5. The highest BCUT2D eigenvalue weighted by molar-refractivity contribution is 6.06. The number of rotatable bonds is 3. The molecule has 0 radical (unpaired) electrons. The number of piperazine rings is 1. The van der Waals surface area contributed by atoms with Gasteiger partial charge in [-0.2, -0.15) is 0 Å². The number of halogens is 1. The zero-order valence-electron chi connectivity index (χ0n) is 19.1. The summed E-state index contributed by atoms with van der Waals surface area (Å²) >= 11 is 0. The minimum atomic E-state index is -0.379. The number of nitrogens with one attached hydrogen (secondary N) is 1. The maximum atomic E-state index is 14.0. The van der Waals surface area contributed by atoms with Crippen LogP contribution in [-0.2, 0) is 0 Å². The van der Waals surface area contributed by atoms with Crippen LogP contribution in [0, 0.1) is 19.7 Å². The maximum Gasteiger partial charge on any atom is 0.258 e. The van der Waals surface area contributed by atoms with Gasteiger partial charge in [0, 0.05) is 37.8 Å². The summed E-state index contributed by atoms with van der Waals surface area (Å²) in [7, 11) is 0. The Bertz CT molecular complexity index is 976. The maximum absolute atomic E-state index is 14.0. The Morgan fingerprint density at radius 3 is 2.44 bits per heavy atom. The summed E-state index contributed by atoms with van der Waals surface area (Å²) in [4.78, 5) is 22.5. The van der Waals surface area contributed by atoms with Crippen molar-refractivity contribution in [1.29, 1.82) is 0 Å². The lowest BCUT2D eigenvalue weighted by atomic mass is 9.94. The van der Waals surface area contributed by atoms with Crippen molar-refractivity contribution in [3.8, 4) is 0 Å². The summed E-state index contributed by atoms with van der Waals surface area (Å²) in [6.45, 7) is 7.26. The molecule has 0 spiro atoms. The molecule has 1 heterocycles. The molecular formula is C26H33FN4O. The van der Waals surface area contributed by atoms with Crippen LogP contribution < -0.4 is 5.32 Å². The number of amides is 1. The molecule has 1 saturated carbocycles. The minimum absolute atomic E-state index is 0.297. The number of hydrogen-bond donors (Lipinski definition) is 1. The van der Waals surface area contributed by atoms with E-state index in [0.717, 1.165) is 37.4 Å². The third-order valence-corrected chi connectivity index (χ3v) is 6.60. The Labute approximate surface area is 190 Å². The fourth-order valence-corrected chi connectivity index (χ4v) is 4.65. The van der Waals surface area contributed by atoms with Crippen LogP contribution in [0.5, 0.6) is 0 Å². The summed E-state index contributed by atoms with van der Waals surface area (Å²) in [6.07, 6.45) is 6.59. The molecule has 0 aromatic heterocycles. The number of hydrogen-bond acceptors (Lipinski definition) is 3. The van der Waals surface area contributed by atoms with E-state index in [4.69, 9.17) is 4.99 Å². The SMILES string of the molecule is Cc1cccc(N=C(NC(=O)c2ccc(C)c(F)c2)N2CCN(C3CCCCC3)CC2)c1. The van der Waals surface area contributed by atoms with Gasteiger partial charge in [0.15, 0.2) is 0 Å². The van der Waals surface area contributed by atoms with E-state index >= 15 is 0 Å². The Hall–Kier alpha value is -2.73. The van der Waals surface area contributed by atoms with Gasteiger partial charge in [-0.3, -0.25) is 15.0 Å². The van der Waals surface area contributed by atoms with E-state index in [1.165, 1.54) is 38.2 Å². The Morgan fingerprint density at radius 1 is 1.00 bits per heavy atom. The van der Waals surface area contributed by atoms with Gasteiger partial charge in [0.05, 0.1) is 5.69 Å². The summed E-state index contributed by atoms with van der Waals surface area (Å²) in [6, 6.07) is 13.2. The number of benzene rings is 2. The molecule has 4 rings (SSSR count). The quantitative estimate of drug-likeness (QED) is 0.555. The summed E-state index contributed by atoms with van der Waals surface area (Å²) in [5.41, 5.74) is 2.73. The van der Waals surface area contributed by atoms with Crippen LogP contribution >= 0.6 is 0 Å². The normalized spacial score (nSPS) is 18.6. The fourth-order valence-electron chi connectivity index (χ4n) is 4.65. The van der Waals surface area contributed by atoms with Gasteiger partial charge >= 0.3 is 0 Å². The number of aryl methyl sites for hydroxylation is 2. The van der Waals surface area contributed by atoms with Gasteiger partial charge in [-0.15, -0.1) is 0 Å². The minimum Gasteiger partial charge on any atom is -0.340 e. The average molecular weight is 437 g/mol. The highest BCUT2D eigenvalue weighted by Crippen LogP contribution is 2.24. The third-order valence-electron chi connectivity index (χ3n) is 6.60. The molecule has 2 fully saturated rings. The van der Waals surface area contributed by atoms with Crippen LogP contribution in [0.4, 0.5) is 10.1 Å². The molecular weight excluding hydrogens is 403 g/mol. The molecule has 1 aliphatic heterocycles. The number of carbonyl (C=O) groups excluding carboxylic acids is 1. The molecule has 1 amide bonds. The molecule has 2 aromatic rings. The predicted molar refractivity (Wildman–Crippen MR) is 127 cm³/mol. The van der Waals surface area contributed by atoms with Gasteiger partial charge in [0.1, 0.15) is 5.82 Å². The zero-order chi connectivity index (χ0) is 22.5. The first-order valence-electron chi connectivity index (χ1n) is 11.7. The summed E-state index contributed by atoms with van der Waals surface area (Å²) in [5, 5.41) is 2.96. The molecule has 1 aliphatic carbocycles. The standard InChI is InChI=1S/C26H33FN4O/c1-19-7-6-8-22(17-19)28-26(29-25(32)21-12-11-20(2)24(27)18-21)31-15-13-30(14-16-31)23-9-4-3-5-10-23/h6-8,11-12,17-18,23H,3-5,9-10,13-16H2,1-2H3,(H,28,29,32). The van der Waals surface area contributed by atoms with Crippen molar-refractivity contribution >= 4 is 17.6 Å². The van der Waals surface area contributed by atoms with Gasteiger partial charge in [-0.1, -0.05) is 37.5 Å². The second-order valence-corrected chi connectivity index (χ2v) is 9.01. The Balaban J connectivity index is 1.51. The number of carbonyl (C=O) groups is 1. The fraction of sp³-hybridized carbons (Fsp3) is 0.462.